The molecule has 0 saturated heterocycles. The first kappa shape index (κ1) is 19.9. The standard InChI is InChI=1S/C23H35N3O/c1-6-25(5)21(27)18-13-14-20-19(15-18)24-22(23(2,3)4)26(20)16-17-11-9-7-8-10-12-17/h13-15,17H,6-12,16H2,1-5H3. The van der Waals surface area contributed by atoms with Crippen molar-refractivity contribution in [2.45, 2.75) is 78.2 Å². The molecule has 1 heterocycles. The van der Waals surface area contributed by atoms with Gasteiger partial charge >= 0.3 is 0 Å². The SMILES string of the molecule is CCN(C)C(=O)c1ccc2c(c1)nc(C(C)(C)C)n2CC1CCCCCC1. The molecule has 1 amide bonds. The number of carbonyl (C=O) groups is 1. The van der Waals surface area contributed by atoms with Crippen LogP contribution in [0.15, 0.2) is 18.2 Å². The number of nitrogens with zero attached hydrogens (tertiary/aromatic N) is 3. The van der Waals surface area contributed by atoms with Crippen LogP contribution >= 0.6 is 0 Å². The average Bonchev–Trinajstić information content (AvgIpc) is 2.81. The summed E-state index contributed by atoms with van der Waals surface area (Å²) in [5.41, 5.74) is 2.82. The van der Waals surface area contributed by atoms with Gasteiger partial charge in [-0.15, -0.1) is 0 Å². The number of fused-ring (bicyclic) bond motifs is 1. The maximum atomic E-state index is 12.6. The van der Waals surface area contributed by atoms with Crippen LogP contribution in [0.25, 0.3) is 11.0 Å². The highest BCUT2D eigenvalue weighted by molar-refractivity contribution is 5.97. The summed E-state index contributed by atoms with van der Waals surface area (Å²) in [5.74, 6) is 1.93. The van der Waals surface area contributed by atoms with Crippen molar-refractivity contribution in [3.05, 3.63) is 29.6 Å². The molecule has 3 rings (SSSR count). The third-order valence-electron chi connectivity index (χ3n) is 5.90. The molecule has 1 saturated carbocycles. The van der Waals surface area contributed by atoms with Gasteiger partial charge in [0.15, 0.2) is 0 Å². The number of hydrogen-bond donors (Lipinski definition) is 0. The van der Waals surface area contributed by atoms with E-state index >= 15 is 0 Å². The smallest absolute Gasteiger partial charge is 0.253 e. The van der Waals surface area contributed by atoms with Gasteiger partial charge in [0.05, 0.1) is 11.0 Å². The Labute approximate surface area is 164 Å². The van der Waals surface area contributed by atoms with Crippen LogP contribution in [0.5, 0.6) is 0 Å². The summed E-state index contributed by atoms with van der Waals surface area (Å²) in [7, 11) is 1.85. The second-order valence-electron chi connectivity index (χ2n) is 9.18. The zero-order valence-electron chi connectivity index (χ0n) is 17.7. The third kappa shape index (κ3) is 4.36. The average molecular weight is 370 g/mol. The molecule has 1 aromatic heterocycles. The maximum Gasteiger partial charge on any atom is 0.253 e. The number of carbonyl (C=O) groups excluding carboxylic acids is 1. The topological polar surface area (TPSA) is 38.1 Å². The predicted octanol–water partition coefficient (Wildman–Crippen LogP) is 5.40. The molecule has 4 nitrogen and oxygen atoms in total. The van der Waals surface area contributed by atoms with Gasteiger partial charge in [-0.1, -0.05) is 46.5 Å². The lowest BCUT2D eigenvalue weighted by molar-refractivity contribution is 0.0802. The van der Waals surface area contributed by atoms with E-state index in [1.165, 1.54) is 44.0 Å². The minimum absolute atomic E-state index is 0.0197. The van der Waals surface area contributed by atoms with Crippen molar-refractivity contribution >= 4 is 16.9 Å². The summed E-state index contributed by atoms with van der Waals surface area (Å²) in [6, 6.07) is 6.04. The summed E-state index contributed by atoms with van der Waals surface area (Å²) < 4.78 is 2.43. The van der Waals surface area contributed by atoms with Crippen LogP contribution < -0.4 is 0 Å². The Morgan fingerprint density at radius 3 is 2.44 bits per heavy atom. The molecule has 1 aliphatic carbocycles. The van der Waals surface area contributed by atoms with Gasteiger partial charge in [0, 0.05) is 31.1 Å². The van der Waals surface area contributed by atoms with Crippen molar-refractivity contribution in [3.8, 4) is 0 Å². The quantitative estimate of drug-likeness (QED) is 0.677. The van der Waals surface area contributed by atoms with Crippen LogP contribution in [0, 0.1) is 5.92 Å². The Bertz CT molecular complexity index is 792. The summed E-state index contributed by atoms with van der Waals surface area (Å²) >= 11 is 0. The maximum absolute atomic E-state index is 12.6. The lowest BCUT2D eigenvalue weighted by Gasteiger charge is -2.23. The van der Waals surface area contributed by atoms with E-state index < -0.39 is 0 Å². The number of aromatic nitrogens is 2. The zero-order valence-corrected chi connectivity index (χ0v) is 17.7. The first-order valence-electron chi connectivity index (χ1n) is 10.6. The molecule has 2 aromatic rings. The first-order valence-corrected chi connectivity index (χ1v) is 10.6. The van der Waals surface area contributed by atoms with E-state index in [2.05, 4.69) is 31.4 Å². The van der Waals surface area contributed by atoms with Crippen LogP contribution in [0.3, 0.4) is 0 Å². The van der Waals surface area contributed by atoms with Crippen molar-refractivity contribution in [1.29, 1.82) is 0 Å². The van der Waals surface area contributed by atoms with E-state index in [4.69, 9.17) is 4.98 Å². The molecule has 148 valence electrons. The fourth-order valence-electron chi connectivity index (χ4n) is 4.19. The molecule has 0 spiro atoms. The number of imidazole rings is 1. The van der Waals surface area contributed by atoms with Crippen LogP contribution in [0.1, 0.15) is 82.4 Å². The molecule has 0 N–H and O–H groups in total. The van der Waals surface area contributed by atoms with Gasteiger partial charge in [-0.05, 0) is 43.9 Å². The van der Waals surface area contributed by atoms with Gasteiger partial charge in [-0.25, -0.2) is 4.98 Å². The predicted molar refractivity (Wildman–Crippen MR) is 112 cm³/mol. The molecule has 1 aromatic carbocycles. The van der Waals surface area contributed by atoms with Crippen molar-refractivity contribution in [2.75, 3.05) is 13.6 Å². The Morgan fingerprint density at radius 1 is 1.19 bits per heavy atom. The van der Waals surface area contributed by atoms with E-state index in [0.717, 1.165) is 29.4 Å². The van der Waals surface area contributed by atoms with Crippen LogP contribution in [0.2, 0.25) is 0 Å². The van der Waals surface area contributed by atoms with Gasteiger partial charge in [0.25, 0.3) is 5.91 Å². The molecule has 27 heavy (non-hydrogen) atoms. The zero-order chi connectivity index (χ0) is 19.6. The lowest BCUT2D eigenvalue weighted by atomic mass is 9.94. The van der Waals surface area contributed by atoms with E-state index in [-0.39, 0.29) is 11.3 Å². The molecule has 0 aliphatic heterocycles. The van der Waals surface area contributed by atoms with Gasteiger partial charge in [-0.3, -0.25) is 4.79 Å². The number of rotatable bonds is 4. The third-order valence-corrected chi connectivity index (χ3v) is 5.90. The normalized spacial score (nSPS) is 16.5. The Morgan fingerprint density at radius 2 is 1.85 bits per heavy atom. The van der Waals surface area contributed by atoms with Crippen LogP contribution in [-0.4, -0.2) is 34.0 Å². The van der Waals surface area contributed by atoms with Crippen LogP contribution in [0.4, 0.5) is 0 Å². The highest BCUT2D eigenvalue weighted by atomic mass is 16.2. The van der Waals surface area contributed by atoms with Crippen molar-refractivity contribution in [2.24, 2.45) is 5.92 Å². The fraction of sp³-hybridized carbons (Fsp3) is 0.652. The highest BCUT2D eigenvalue weighted by Gasteiger charge is 2.25. The number of amides is 1. The van der Waals surface area contributed by atoms with Gasteiger partial charge in [-0.2, -0.15) is 0 Å². The second kappa shape index (κ2) is 8.04. The van der Waals surface area contributed by atoms with E-state index in [1.807, 2.05) is 26.1 Å². The second-order valence-corrected chi connectivity index (χ2v) is 9.18. The molecule has 4 heteroatoms. The van der Waals surface area contributed by atoms with E-state index in [0.29, 0.717) is 6.54 Å². The lowest BCUT2D eigenvalue weighted by Crippen LogP contribution is -2.26. The number of benzene rings is 1. The monoisotopic (exact) mass is 369 g/mol. The molecule has 0 radical (unpaired) electrons. The molecule has 0 atom stereocenters. The largest absolute Gasteiger partial charge is 0.342 e. The van der Waals surface area contributed by atoms with Crippen molar-refractivity contribution < 1.29 is 4.79 Å². The Hall–Kier alpha value is -1.84. The highest BCUT2D eigenvalue weighted by Crippen LogP contribution is 2.31. The van der Waals surface area contributed by atoms with E-state index in [9.17, 15) is 4.79 Å². The minimum atomic E-state index is -0.0197. The number of hydrogen-bond acceptors (Lipinski definition) is 2. The molecule has 0 unspecified atom stereocenters. The van der Waals surface area contributed by atoms with Crippen LogP contribution in [-0.2, 0) is 12.0 Å². The van der Waals surface area contributed by atoms with E-state index in [1.54, 1.807) is 4.90 Å². The molecular formula is C23H35N3O. The van der Waals surface area contributed by atoms with Crippen molar-refractivity contribution in [1.82, 2.24) is 14.5 Å². The summed E-state index contributed by atoms with van der Waals surface area (Å²) in [6.07, 6.45) is 8.10. The van der Waals surface area contributed by atoms with Gasteiger partial charge < -0.3 is 9.47 Å². The van der Waals surface area contributed by atoms with Crippen molar-refractivity contribution in [3.63, 3.8) is 0 Å². The summed E-state index contributed by atoms with van der Waals surface area (Å²) in [4.78, 5) is 19.3. The summed E-state index contributed by atoms with van der Waals surface area (Å²) in [5, 5.41) is 0. The molecule has 1 fully saturated rings. The van der Waals surface area contributed by atoms with Gasteiger partial charge in [0.1, 0.15) is 5.82 Å². The molecular weight excluding hydrogens is 334 g/mol. The molecule has 1 aliphatic rings. The minimum Gasteiger partial charge on any atom is -0.342 e. The summed E-state index contributed by atoms with van der Waals surface area (Å²) in [6.45, 7) is 10.4. The van der Waals surface area contributed by atoms with Gasteiger partial charge in [0.2, 0.25) is 0 Å². The fourth-order valence-corrected chi connectivity index (χ4v) is 4.19. The Balaban J connectivity index is 2.01. The molecule has 0 bridgehead atoms. The Kier molecular flexibility index (Phi) is 5.92. The first-order chi connectivity index (χ1) is 12.8.